The van der Waals surface area contributed by atoms with Crippen LogP contribution in [0.4, 0.5) is 0 Å². The molecule has 1 aromatic rings. The number of nitrogens with zero attached hydrogens (tertiary/aromatic N) is 1. The molecule has 2 rings (SSSR count). The van der Waals surface area contributed by atoms with Crippen molar-refractivity contribution in [2.75, 3.05) is 13.6 Å². The number of carbonyl (C=O) groups excluding carboxylic acids is 1. The summed E-state index contributed by atoms with van der Waals surface area (Å²) >= 11 is 0. The number of aryl methyl sites for hydroxylation is 1. The lowest BCUT2D eigenvalue weighted by molar-refractivity contribution is -0.117. The fraction of sp³-hybridized carbons (Fsp3) is 0.643. The maximum atomic E-state index is 11.3. The molecule has 0 aromatic carbocycles. The maximum Gasteiger partial charge on any atom is 0.127 e. The van der Waals surface area contributed by atoms with E-state index < -0.39 is 0 Å². The van der Waals surface area contributed by atoms with E-state index >= 15 is 0 Å². The molecule has 3 nitrogen and oxygen atoms in total. The fourth-order valence-electron chi connectivity index (χ4n) is 2.82. The van der Waals surface area contributed by atoms with E-state index in [1.165, 1.54) is 19.1 Å². The summed E-state index contributed by atoms with van der Waals surface area (Å²) in [7, 11) is 2.06. The minimum Gasteiger partial charge on any atom is -0.465 e. The zero-order valence-corrected chi connectivity index (χ0v) is 10.7. The third-order valence-electron chi connectivity index (χ3n) is 3.66. The summed E-state index contributed by atoms with van der Waals surface area (Å²) in [5, 5.41) is 0. The van der Waals surface area contributed by atoms with Crippen LogP contribution in [-0.2, 0) is 11.3 Å². The molecule has 1 aliphatic rings. The van der Waals surface area contributed by atoms with Gasteiger partial charge >= 0.3 is 0 Å². The molecule has 1 aromatic heterocycles. The first-order valence-corrected chi connectivity index (χ1v) is 6.34. The number of carbonyl (C=O) groups is 1. The second kappa shape index (κ2) is 5.05. The highest BCUT2D eigenvalue weighted by Gasteiger charge is 2.34. The average Bonchev–Trinajstić information content (AvgIpc) is 2.89. The highest BCUT2D eigenvalue weighted by molar-refractivity contribution is 5.60. The lowest BCUT2D eigenvalue weighted by Gasteiger charge is -2.27. The molecule has 1 heterocycles. The molecular formula is C14H21NO2. The minimum atomic E-state index is -0.101. The van der Waals surface area contributed by atoms with Crippen molar-refractivity contribution < 1.29 is 9.21 Å². The Morgan fingerprint density at radius 3 is 2.65 bits per heavy atom. The van der Waals surface area contributed by atoms with E-state index in [-0.39, 0.29) is 5.41 Å². The van der Waals surface area contributed by atoms with E-state index in [0.29, 0.717) is 0 Å². The van der Waals surface area contributed by atoms with Crippen LogP contribution in [0.1, 0.15) is 37.2 Å². The molecule has 0 N–H and O–H groups in total. The molecule has 1 fully saturated rings. The molecule has 0 radical (unpaired) electrons. The van der Waals surface area contributed by atoms with Gasteiger partial charge in [0.15, 0.2) is 0 Å². The Labute approximate surface area is 103 Å². The molecule has 0 atom stereocenters. The summed E-state index contributed by atoms with van der Waals surface area (Å²) in [4.78, 5) is 13.5. The van der Waals surface area contributed by atoms with Crippen molar-refractivity contribution in [2.45, 2.75) is 39.2 Å². The molecule has 0 amide bonds. The Kier molecular flexibility index (Phi) is 3.67. The van der Waals surface area contributed by atoms with Crippen LogP contribution < -0.4 is 0 Å². The van der Waals surface area contributed by atoms with Gasteiger partial charge in [0.25, 0.3) is 0 Å². The average molecular weight is 235 g/mol. The smallest absolute Gasteiger partial charge is 0.127 e. The van der Waals surface area contributed by atoms with E-state index in [0.717, 1.165) is 37.5 Å². The van der Waals surface area contributed by atoms with Crippen LogP contribution in [0.15, 0.2) is 16.5 Å². The van der Waals surface area contributed by atoms with Gasteiger partial charge in [-0.3, -0.25) is 4.90 Å². The zero-order chi connectivity index (χ0) is 12.3. The predicted molar refractivity (Wildman–Crippen MR) is 66.7 cm³/mol. The maximum absolute atomic E-state index is 11.3. The van der Waals surface area contributed by atoms with Gasteiger partial charge in [0.1, 0.15) is 17.8 Å². The second-order valence-corrected chi connectivity index (χ2v) is 5.37. The van der Waals surface area contributed by atoms with E-state index in [9.17, 15) is 4.79 Å². The van der Waals surface area contributed by atoms with E-state index in [1.54, 1.807) is 0 Å². The lowest BCUT2D eigenvalue weighted by atomic mass is 9.87. The first-order valence-electron chi connectivity index (χ1n) is 6.34. The predicted octanol–water partition coefficient (Wildman–Crippen LogP) is 2.78. The van der Waals surface area contributed by atoms with Crippen molar-refractivity contribution in [3.05, 3.63) is 23.7 Å². The van der Waals surface area contributed by atoms with Crippen molar-refractivity contribution in [1.82, 2.24) is 4.90 Å². The molecule has 1 saturated carbocycles. The second-order valence-electron chi connectivity index (χ2n) is 5.37. The Hall–Kier alpha value is -1.09. The topological polar surface area (TPSA) is 33.5 Å². The third-order valence-corrected chi connectivity index (χ3v) is 3.66. The van der Waals surface area contributed by atoms with Gasteiger partial charge in [-0.1, -0.05) is 12.8 Å². The van der Waals surface area contributed by atoms with E-state index in [2.05, 4.69) is 11.9 Å². The van der Waals surface area contributed by atoms with Gasteiger partial charge in [0.2, 0.25) is 0 Å². The van der Waals surface area contributed by atoms with Crippen molar-refractivity contribution in [2.24, 2.45) is 5.41 Å². The summed E-state index contributed by atoms with van der Waals surface area (Å²) in [5.41, 5.74) is -0.101. The first-order chi connectivity index (χ1) is 8.13. The molecule has 3 heteroatoms. The Morgan fingerprint density at radius 1 is 1.41 bits per heavy atom. The van der Waals surface area contributed by atoms with Crippen molar-refractivity contribution in [3.63, 3.8) is 0 Å². The van der Waals surface area contributed by atoms with Crippen molar-refractivity contribution in [3.8, 4) is 0 Å². The van der Waals surface area contributed by atoms with Crippen molar-refractivity contribution >= 4 is 6.29 Å². The van der Waals surface area contributed by atoms with Crippen molar-refractivity contribution in [1.29, 1.82) is 0 Å². The Balaban J connectivity index is 1.92. The standard InChI is InChI=1S/C14H21NO2/c1-12-5-6-13(17-12)9-15(2)10-14(11-16)7-3-4-8-14/h5-6,11H,3-4,7-10H2,1-2H3. The highest BCUT2D eigenvalue weighted by atomic mass is 16.3. The summed E-state index contributed by atoms with van der Waals surface area (Å²) in [6.07, 6.45) is 5.62. The lowest BCUT2D eigenvalue weighted by Crippen LogP contribution is -2.34. The van der Waals surface area contributed by atoms with Gasteiger partial charge < -0.3 is 9.21 Å². The van der Waals surface area contributed by atoms with Gasteiger partial charge in [-0.15, -0.1) is 0 Å². The Morgan fingerprint density at radius 2 is 2.12 bits per heavy atom. The van der Waals surface area contributed by atoms with Gasteiger partial charge in [-0.25, -0.2) is 0 Å². The monoisotopic (exact) mass is 235 g/mol. The fourth-order valence-corrected chi connectivity index (χ4v) is 2.82. The van der Waals surface area contributed by atoms with E-state index in [4.69, 9.17) is 4.42 Å². The molecule has 0 unspecified atom stereocenters. The Bertz CT molecular complexity index is 377. The quantitative estimate of drug-likeness (QED) is 0.736. The summed E-state index contributed by atoms with van der Waals surface area (Å²) in [5.74, 6) is 1.92. The molecule has 0 saturated heterocycles. The van der Waals surface area contributed by atoms with Gasteiger partial charge in [0.05, 0.1) is 6.54 Å². The number of aldehydes is 1. The van der Waals surface area contributed by atoms with E-state index in [1.807, 2.05) is 19.1 Å². The summed E-state index contributed by atoms with van der Waals surface area (Å²) in [6, 6.07) is 3.99. The molecule has 94 valence electrons. The summed E-state index contributed by atoms with van der Waals surface area (Å²) in [6.45, 7) is 3.58. The van der Waals surface area contributed by atoms with Crippen LogP contribution in [0.2, 0.25) is 0 Å². The van der Waals surface area contributed by atoms with Crippen LogP contribution in [-0.4, -0.2) is 24.8 Å². The highest BCUT2D eigenvalue weighted by Crippen LogP contribution is 2.36. The van der Waals surface area contributed by atoms with Crippen LogP contribution in [0.5, 0.6) is 0 Å². The molecule has 17 heavy (non-hydrogen) atoms. The molecule has 0 aliphatic heterocycles. The molecular weight excluding hydrogens is 214 g/mol. The number of rotatable bonds is 5. The van der Waals surface area contributed by atoms with Gasteiger partial charge in [-0.2, -0.15) is 0 Å². The van der Waals surface area contributed by atoms with Gasteiger partial charge in [0, 0.05) is 12.0 Å². The zero-order valence-electron chi connectivity index (χ0n) is 10.7. The number of furan rings is 1. The largest absolute Gasteiger partial charge is 0.465 e. The normalized spacial score (nSPS) is 18.8. The number of hydrogen-bond donors (Lipinski definition) is 0. The molecule has 0 spiro atoms. The van der Waals surface area contributed by atoms with Crippen LogP contribution in [0, 0.1) is 12.3 Å². The van der Waals surface area contributed by atoms with Crippen LogP contribution in [0.3, 0.4) is 0 Å². The number of hydrogen-bond acceptors (Lipinski definition) is 3. The van der Waals surface area contributed by atoms with Crippen LogP contribution in [0.25, 0.3) is 0 Å². The molecule has 1 aliphatic carbocycles. The van der Waals surface area contributed by atoms with Crippen LogP contribution >= 0.6 is 0 Å². The minimum absolute atomic E-state index is 0.101. The first kappa shape index (κ1) is 12.4. The summed E-state index contributed by atoms with van der Waals surface area (Å²) < 4.78 is 5.56. The third kappa shape index (κ3) is 2.97. The molecule has 0 bridgehead atoms. The van der Waals surface area contributed by atoms with Gasteiger partial charge in [-0.05, 0) is 38.9 Å². The SMILES string of the molecule is Cc1ccc(CN(C)CC2(C=O)CCCC2)o1.